The highest BCUT2D eigenvalue weighted by atomic mass is 16.5. The van der Waals surface area contributed by atoms with Gasteiger partial charge in [-0.25, -0.2) is 0 Å². The van der Waals surface area contributed by atoms with Crippen LogP contribution in [0, 0.1) is 13.8 Å². The largest absolute Gasteiger partial charge is 0.465 e. The van der Waals surface area contributed by atoms with Crippen molar-refractivity contribution in [2.24, 2.45) is 0 Å². The predicted molar refractivity (Wildman–Crippen MR) is 75.1 cm³/mol. The maximum Gasteiger partial charge on any atom is 0.326 e. The molecule has 0 saturated heterocycles. The Labute approximate surface area is 115 Å². The van der Waals surface area contributed by atoms with E-state index in [1.54, 1.807) is 7.05 Å². The Bertz CT molecular complexity index is 442. The number of esters is 1. The number of hydrogen-bond acceptors (Lipinski definition) is 4. The van der Waals surface area contributed by atoms with E-state index in [2.05, 4.69) is 17.3 Å². The van der Waals surface area contributed by atoms with Gasteiger partial charge in [-0.15, -0.1) is 0 Å². The van der Waals surface area contributed by atoms with Crippen molar-refractivity contribution in [3.8, 4) is 0 Å². The second kappa shape index (κ2) is 6.19. The average Bonchev–Trinajstić information content (AvgIpc) is 2.68. The first-order valence-corrected chi connectivity index (χ1v) is 6.73. The van der Waals surface area contributed by atoms with Crippen LogP contribution in [-0.2, 0) is 9.53 Å². The molecule has 0 aliphatic rings. The molecule has 2 unspecified atom stereocenters. The Morgan fingerprint density at radius 1 is 1.58 bits per heavy atom. The molecule has 5 heteroatoms. The third-order valence-corrected chi connectivity index (χ3v) is 3.44. The van der Waals surface area contributed by atoms with Gasteiger partial charge in [0.05, 0.1) is 18.3 Å². The highest BCUT2D eigenvalue weighted by molar-refractivity contribution is 5.80. The summed E-state index contributed by atoms with van der Waals surface area (Å²) >= 11 is 0. The molecular weight excluding hydrogens is 242 g/mol. The number of carbonyl (C=O) groups is 1. The summed E-state index contributed by atoms with van der Waals surface area (Å²) in [4.78, 5) is 12.0. The first-order chi connectivity index (χ1) is 8.84. The normalized spacial score (nSPS) is 15.9. The van der Waals surface area contributed by atoms with Gasteiger partial charge < -0.3 is 10.1 Å². The fraction of sp³-hybridized carbons (Fsp3) is 0.714. The molecule has 0 aliphatic carbocycles. The van der Waals surface area contributed by atoms with Crippen LogP contribution in [0.15, 0.2) is 6.07 Å². The lowest BCUT2D eigenvalue weighted by molar-refractivity contribution is -0.151. The molecule has 0 radical (unpaired) electrons. The molecule has 0 spiro atoms. The standard InChI is InChI=1S/C14H25N3O2/c1-7-19-13(18)14(5,15-6)9-12(4)17-11(3)8-10(2)16-17/h8,12,15H,7,9H2,1-6H3. The summed E-state index contributed by atoms with van der Waals surface area (Å²) < 4.78 is 7.10. The second-order valence-electron chi connectivity index (χ2n) is 5.23. The van der Waals surface area contributed by atoms with Crippen LogP contribution in [0.2, 0.25) is 0 Å². The minimum Gasteiger partial charge on any atom is -0.465 e. The molecule has 0 bridgehead atoms. The van der Waals surface area contributed by atoms with E-state index in [-0.39, 0.29) is 12.0 Å². The van der Waals surface area contributed by atoms with Gasteiger partial charge >= 0.3 is 5.97 Å². The molecule has 1 aromatic heterocycles. The van der Waals surface area contributed by atoms with Crippen molar-refractivity contribution in [3.05, 3.63) is 17.5 Å². The number of nitrogens with one attached hydrogen (secondary N) is 1. The Kier molecular flexibility index (Phi) is 5.11. The van der Waals surface area contributed by atoms with Crippen molar-refractivity contribution in [3.63, 3.8) is 0 Å². The third kappa shape index (κ3) is 3.56. The molecule has 1 rings (SSSR count). The number of ether oxygens (including phenoxy) is 1. The molecular formula is C14H25N3O2. The van der Waals surface area contributed by atoms with Crippen molar-refractivity contribution in [2.75, 3.05) is 13.7 Å². The van der Waals surface area contributed by atoms with Crippen LogP contribution in [-0.4, -0.2) is 34.9 Å². The lowest BCUT2D eigenvalue weighted by atomic mass is 9.94. The van der Waals surface area contributed by atoms with Gasteiger partial charge in [0.15, 0.2) is 0 Å². The Morgan fingerprint density at radius 2 is 2.21 bits per heavy atom. The quantitative estimate of drug-likeness (QED) is 0.801. The molecule has 0 fully saturated rings. The molecule has 5 nitrogen and oxygen atoms in total. The van der Waals surface area contributed by atoms with Gasteiger partial charge in [0.25, 0.3) is 0 Å². The number of aryl methyl sites for hydroxylation is 2. The van der Waals surface area contributed by atoms with Gasteiger partial charge in [0, 0.05) is 5.69 Å². The van der Waals surface area contributed by atoms with Crippen molar-refractivity contribution < 1.29 is 9.53 Å². The van der Waals surface area contributed by atoms with E-state index in [0.29, 0.717) is 13.0 Å². The van der Waals surface area contributed by atoms with Gasteiger partial charge in [0.2, 0.25) is 0 Å². The molecule has 2 atom stereocenters. The first kappa shape index (κ1) is 15.7. The fourth-order valence-corrected chi connectivity index (χ4v) is 2.35. The lowest BCUT2D eigenvalue weighted by Crippen LogP contribution is -2.50. The van der Waals surface area contributed by atoms with Crippen LogP contribution in [0.5, 0.6) is 0 Å². The fourth-order valence-electron chi connectivity index (χ4n) is 2.35. The summed E-state index contributed by atoms with van der Waals surface area (Å²) in [5.74, 6) is -0.217. The van der Waals surface area contributed by atoms with E-state index in [1.165, 1.54) is 0 Å². The van der Waals surface area contributed by atoms with Gasteiger partial charge in [-0.05, 0) is 54.2 Å². The van der Waals surface area contributed by atoms with Gasteiger partial charge in [-0.1, -0.05) is 0 Å². The zero-order valence-electron chi connectivity index (χ0n) is 12.8. The van der Waals surface area contributed by atoms with Crippen molar-refractivity contribution >= 4 is 5.97 Å². The topological polar surface area (TPSA) is 56.2 Å². The number of carbonyl (C=O) groups excluding carboxylic acids is 1. The van der Waals surface area contributed by atoms with Gasteiger partial charge in [-0.3, -0.25) is 9.48 Å². The summed E-state index contributed by atoms with van der Waals surface area (Å²) in [6.45, 7) is 10.1. The van der Waals surface area contributed by atoms with E-state index in [4.69, 9.17) is 4.74 Å². The molecule has 0 saturated carbocycles. The van der Waals surface area contributed by atoms with Crippen LogP contribution in [0.4, 0.5) is 0 Å². The zero-order chi connectivity index (χ0) is 14.6. The molecule has 0 amide bonds. The summed E-state index contributed by atoms with van der Waals surface area (Å²) in [6, 6.07) is 2.16. The monoisotopic (exact) mass is 267 g/mol. The van der Waals surface area contributed by atoms with Crippen molar-refractivity contribution in [1.82, 2.24) is 15.1 Å². The van der Waals surface area contributed by atoms with Crippen LogP contribution in [0.3, 0.4) is 0 Å². The minimum absolute atomic E-state index is 0.121. The molecule has 1 N–H and O–H groups in total. The first-order valence-electron chi connectivity index (χ1n) is 6.73. The smallest absolute Gasteiger partial charge is 0.326 e. The Balaban J connectivity index is 2.86. The van der Waals surface area contributed by atoms with Crippen LogP contribution < -0.4 is 5.32 Å². The van der Waals surface area contributed by atoms with E-state index in [1.807, 2.05) is 38.4 Å². The van der Waals surface area contributed by atoms with Gasteiger partial charge in [0.1, 0.15) is 5.54 Å². The second-order valence-corrected chi connectivity index (χ2v) is 5.23. The summed E-state index contributed by atoms with van der Waals surface area (Å²) in [6.07, 6.45) is 0.629. The highest BCUT2D eigenvalue weighted by Gasteiger charge is 2.35. The van der Waals surface area contributed by atoms with E-state index < -0.39 is 5.54 Å². The van der Waals surface area contributed by atoms with E-state index in [0.717, 1.165) is 11.4 Å². The number of nitrogens with zero attached hydrogens (tertiary/aromatic N) is 2. The number of aromatic nitrogens is 2. The van der Waals surface area contributed by atoms with Crippen LogP contribution in [0.25, 0.3) is 0 Å². The SMILES string of the molecule is CCOC(=O)C(C)(CC(C)n1nc(C)cc1C)NC. The molecule has 0 aromatic carbocycles. The van der Waals surface area contributed by atoms with Crippen LogP contribution >= 0.6 is 0 Å². The van der Waals surface area contributed by atoms with E-state index >= 15 is 0 Å². The minimum atomic E-state index is -0.693. The van der Waals surface area contributed by atoms with Gasteiger partial charge in [-0.2, -0.15) is 5.10 Å². The van der Waals surface area contributed by atoms with E-state index in [9.17, 15) is 4.79 Å². The molecule has 1 aromatic rings. The Morgan fingerprint density at radius 3 is 2.63 bits per heavy atom. The molecule has 0 aliphatic heterocycles. The zero-order valence-corrected chi connectivity index (χ0v) is 12.8. The van der Waals surface area contributed by atoms with Crippen molar-refractivity contribution in [1.29, 1.82) is 0 Å². The molecule has 19 heavy (non-hydrogen) atoms. The maximum atomic E-state index is 12.0. The number of likely N-dealkylation sites (N-methyl/N-ethyl adjacent to an activating group) is 1. The summed E-state index contributed by atoms with van der Waals surface area (Å²) in [7, 11) is 1.78. The van der Waals surface area contributed by atoms with Crippen molar-refractivity contribution in [2.45, 2.75) is 52.6 Å². The summed E-state index contributed by atoms with van der Waals surface area (Å²) in [5.41, 5.74) is 1.40. The molecule has 108 valence electrons. The maximum absolute atomic E-state index is 12.0. The summed E-state index contributed by atoms with van der Waals surface area (Å²) in [5, 5.41) is 7.54. The Hall–Kier alpha value is -1.36. The predicted octanol–water partition coefficient (Wildman–Crippen LogP) is 1.99. The number of rotatable bonds is 6. The number of hydrogen-bond donors (Lipinski definition) is 1. The average molecular weight is 267 g/mol. The third-order valence-electron chi connectivity index (χ3n) is 3.44. The molecule has 1 heterocycles. The lowest BCUT2D eigenvalue weighted by Gasteiger charge is -2.30. The highest BCUT2D eigenvalue weighted by Crippen LogP contribution is 2.23. The van der Waals surface area contributed by atoms with Crippen LogP contribution in [0.1, 0.15) is 44.6 Å².